The lowest BCUT2D eigenvalue weighted by molar-refractivity contribution is 0.122. The Labute approximate surface area is 167 Å². The van der Waals surface area contributed by atoms with E-state index in [4.69, 9.17) is 27.9 Å². The average Bonchev–Trinajstić information content (AvgIpc) is 2.67. The van der Waals surface area contributed by atoms with Crippen molar-refractivity contribution in [1.29, 1.82) is 0 Å². The Bertz CT molecular complexity index is 944. The molecule has 0 aliphatic carbocycles. The van der Waals surface area contributed by atoms with Crippen LogP contribution in [0.25, 0.3) is 0 Å². The van der Waals surface area contributed by atoms with Gasteiger partial charge in [-0.15, -0.1) is 0 Å². The average molecular weight is 429 g/mol. The highest BCUT2D eigenvalue weighted by Gasteiger charge is 2.33. The Morgan fingerprint density at radius 3 is 2.48 bits per heavy atom. The van der Waals surface area contributed by atoms with Gasteiger partial charge in [0.2, 0.25) is 16.0 Å². The van der Waals surface area contributed by atoms with E-state index in [-0.39, 0.29) is 21.5 Å². The van der Waals surface area contributed by atoms with Crippen LogP contribution >= 0.6 is 23.2 Å². The first kappa shape index (κ1) is 18.9. The second-order valence-corrected chi connectivity index (χ2v) is 9.07. The van der Waals surface area contributed by atoms with Crippen molar-refractivity contribution in [3.63, 3.8) is 0 Å². The first-order valence-electron chi connectivity index (χ1n) is 8.58. The van der Waals surface area contributed by atoms with Gasteiger partial charge in [0.05, 0.1) is 35.5 Å². The predicted molar refractivity (Wildman–Crippen MR) is 103 cm³/mol. The SMILES string of the molecule is O=S(=O)(c1c(Cl)cccc1Cl)N1CCc2cnc(N3CCOCC3)nc2C1. The lowest BCUT2D eigenvalue weighted by atomic mass is 10.1. The highest BCUT2D eigenvalue weighted by Crippen LogP contribution is 2.33. The molecule has 2 aliphatic rings. The number of rotatable bonds is 3. The zero-order chi connectivity index (χ0) is 19.0. The molecular formula is C17H18Cl2N4O3S. The number of morpholine rings is 1. The van der Waals surface area contributed by atoms with Crippen LogP contribution in [0.2, 0.25) is 10.0 Å². The van der Waals surface area contributed by atoms with Gasteiger partial charge in [-0.2, -0.15) is 4.31 Å². The fraction of sp³-hybridized carbons (Fsp3) is 0.412. The van der Waals surface area contributed by atoms with Crippen LogP contribution in [0, 0.1) is 0 Å². The van der Waals surface area contributed by atoms with Crippen molar-refractivity contribution >= 4 is 39.2 Å². The summed E-state index contributed by atoms with van der Waals surface area (Å²) in [6, 6.07) is 4.67. The number of nitrogens with zero attached hydrogens (tertiary/aromatic N) is 4. The van der Waals surface area contributed by atoms with Gasteiger partial charge < -0.3 is 9.64 Å². The van der Waals surface area contributed by atoms with Crippen LogP contribution in [0.1, 0.15) is 11.3 Å². The van der Waals surface area contributed by atoms with Gasteiger partial charge in [-0.05, 0) is 24.1 Å². The molecule has 1 fully saturated rings. The van der Waals surface area contributed by atoms with Gasteiger partial charge in [0, 0.05) is 25.8 Å². The first-order chi connectivity index (χ1) is 13.0. The number of benzene rings is 1. The Balaban J connectivity index is 1.64. The van der Waals surface area contributed by atoms with Crippen molar-refractivity contribution in [2.24, 2.45) is 0 Å². The van der Waals surface area contributed by atoms with E-state index in [1.54, 1.807) is 12.3 Å². The van der Waals surface area contributed by atoms with Crippen molar-refractivity contribution in [3.8, 4) is 0 Å². The number of aromatic nitrogens is 2. The van der Waals surface area contributed by atoms with E-state index < -0.39 is 10.0 Å². The summed E-state index contributed by atoms with van der Waals surface area (Å²) in [7, 11) is -3.83. The third-order valence-corrected chi connectivity index (χ3v) is 7.51. The first-order valence-corrected chi connectivity index (χ1v) is 10.8. The molecule has 0 spiro atoms. The molecule has 0 amide bonds. The van der Waals surface area contributed by atoms with Crippen molar-refractivity contribution < 1.29 is 13.2 Å². The minimum absolute atomic E-state index is 0.0563. The highest BCUT2D eigenvalue weighted by molar-refractivity contribution is 7.89. The molecule has 3 heterocycles. The van der Waals surface area contributed by atoms with Gasteiger partial charge >= 0.3 is 0 Å². The van der Waals surface area contributed by atoms with Gasteiger partial charge in [0.25, 0.3) is 0 Å². The summed E-state index contributed by atoms with van der Waals surface area (Å²) < 4.78 is 33.0. The Kier molecular flexibility index (Phi) is 5.26. The molecule has 144 valence electrons. The maximum Gasteiger partial charge on any atom is 0.246 e. The molecule has 0 unspecified atom stereocenters. The van der Waals surface area contributed by atoms with Gasteiger partial charge in [0.15, 0.2) is 0 Å². The minimum Gasteiger partial charge on any atom is -0.378 e. The van der Waals surface area contributed by atoms with Crippen LogP contribution in [0.4, 0.5) is 5.95 Å². The molecule has 0 N–H and O–H groups in total. The third kappa shape index (κ3) is 3.64. The normalized spacial score (nSPS) is 18.4. The number of halogens is 2. The predicted octanol–water partition coefficient (Wildman–Crippen LogP) is 2.37. The lowest BCUT2D eigenvalue weighted by Gasteiger charge is -2.30. The van der Waals surface area contributed by atoms with E-state index in [1.165, 1.54) is 16.4 Å². The molecule has 27 heavy (non-hydrogen) atoms. The monoisotopic (exact) mass is 428 g/mol. The number of ether oxygens (including phenoxy) is 1. The van der Waals surface area contributed by atoms with Crippen molar-refractivity contribution in [2.45, 2.75) is 17.9 Å². The van der Waals surface area contributed by atoms with Crippen molar-refractivity contribution in [2.75, 3.05) is 37.7 Å². The molecule has 10 heteroatoms. The zero-order valence-electron chi connectivity index (χ0n) is 14.4. The quantitative estimate of drug-likeness (QED) is 0.746. The molecule has 0 radical (unpaired) electrons. The topological polar surface area (TPSA) is 75.6 Å². The number of anilines is 1. The second-order valence-electron chi connectivity index (χ2n) is 6.38. The van der Waals surface area contributed by atoms with Gasteiger partial charge in [-0.1, -0.05) is 29.3 Å². The molecule has 2 aromatic rings. The minimum atomic E-state index is -3.83. The van der Waals surface area contributed by atoms with Crippen molar-refractivity contribution in [1.82, 2.24) is 14.3 Å². The molecule has 4 rings (SSSR count). The van der Waals surface area contributed by atoms with Crippen LogP contribution in [0.5, 0.6) is 0 Å². The zero-order valence-corrected chi connectivity index (χ0v) is 16.8. The van der Waals surface area contributed by atoms with Gasteiger partial charge in [-0.25, -0.2) is 18.4 Å². The van der Waals surface area contributed by atoms with E-state index in [0.29, 0.717) is 37.8 Å². The summed E-state index contributed by atoms with van der Waals surface area (Å²) in [5.74, 6) is 0.604. The van der Waals surface area contributed by atoms with Crippen LogP contribution in [-0.2, 0) is 27.7 Å². The van der Waals surface area contributed by atoms with E-state index in [9.17, 15) is 8.42 Å². The second kappa shape index (κ2) is 7.52. The van der Waals surface area contributed by atoms with Crippen LogP contribution < -0.4 is 4.90 Å². The van der Waals surface area contributed by atoms with Crippen LogP contribution in [0.15, 0.2) is 29.3 Å². The number of fused-ring (bicyclic) bond motifs is 1. The molecule has 1 aromatic carbocycles. The Hall–Kier alpha value is -1.45. The summed E-state index contributed by atoms with van der Waals surface area (Å²) in [5, 5.41) is 0.231. The fourth-order valence-electron chi connectivity index (χ4n) is 3.25. The highest BCUT2D eigenvalue weighted by atomic mass is 35.5. The van der Waals surface area contributed by atoms with E-state index in [1.807, 2.05) is 4.90 Å². The molecule has 1 aromatic heterocycles. The van der Waals surface area contributed by atoms with Gasteiger partial charge in [-0.3, -0.25) is 0 Å². The summed E-state index contributed by atoms with van der Waals surface area (Å²) in [6.07, 6.45) is 2.33. The largest absolute Gasteiger partial charge is 0.378 e. The number of hydrogen-bond acceptors (Lipinski definition) is 6. The molecule has 0 bridgehead atoms. The summed E-state index contributed by atoms with van der Waals surface area (Å²) in [5.41, 5.74) is 1.67. The van der Waals surface area contributed by atoms with Crippen LogP contribution in [-0.4, -0.2) is 55.5 Å². The number of hydrogen-bond donors (Lipinski definition) is 0. The maximum atomic E-state index is 13.1. The van der Waals surface area contributed by atoms with Crippen molar-refractivity contribution in [3.05, 3.63) is 45.7 Å². The molecule has 2 aliphatic heterocycles. The maximum absolute atomic E-state index is 13.1. The van der Waals surface area contributed by atoms with Gasteiger partial charge in [0.1, 0.15) is 4.90 Å². The van der Waals surface area contributed by atoms with E-state index in [0.717, 1.165) is 18.7 Å². The molecule has 0 saturated carbocycles. The van der Waals surface area contributed by atoms with Crippen LogP contribution in [0.3, 0.4) is 0 Å². The Morgan fingerprint density at radius 2 is 1.78 bits per heavy atom. The number of sulfonamides is 1. The molecule has 0 atom stereocenters. The molecular weight excluding hydrogens is 411 g/mol. The van der Waals surface area contributed by atoms with E-state index in [2.05, 4.69) is 9.97 Å². The Morgan fingerprint density at radius 1 is 1.07 bits per heavy atom. The smallest absolute Gasteiger partial charge is 0.246 e. The van der Waals surface area contributed by atoms with E-state index >= 15 is 0 Å². The lowest BCUT2D eigenvalue weighted by Crippen LogP contribution is -2.39. The third-order valence-electron chi connectivity index (χ3n) is 4.71. The summed E-state index contributed by atoms with van der Waals surface area (Å²) >= 11 is 12.3. The molecule has 7 nitrogen and oxygen atoms in total. The molecule has 1 saturated heterocycles. The summed E-state index contributed by atoms with van der Waals surface area (Å²) in [4.78, 5) is 11.1. The fourth-order valence-corrected chi connectivity index (χ4v) is 5.74. The summed E-state index contributed by atoms with van der Waals surface area (Å²) in [6.45, 7) is 3.19. The standard InChI is InChI=1S/C17H18Cl2N4O3S/c18-13-2-1-3-14(19)16(13)27(24,25)23-5-4-12-10-20-17(21-15(12)11-23)22-6-8-26-9-7-22/h1-3,10H,4-9,11H2.